The molecule has 0 aliphatic rings. The highest BCUT2D eigenvalue weighted by molar-refractivity contribution is 7.89. The highest BCUT2D eigenvalue weighted by Gasteiger charge is 2.22. The van der Waals surface area contributed by atoms with E-state index in [9.17, 15) is 13.2 Å². The van der Waals surface area contributed by atoms with Crippen LogP contribution in [0.5, 0.6) is 0 Å². The first-order valence-electron chi connectivity index (χ1n) is 7.42. The topological polar surface area (TPSA) is 75.3 Å². The molecule has 6 heteroatoms. The van der Waals surface area contributed by atoms with Crippen molar-refractivity contribution in [1.29, 1.82) is 0 Å². The Hall–Kier alpha value is -1.40. The van der Waals surface area contributed by atoms with Crippen molar-refractivity contribution in [2.45, 2.75) is 47.2 Å². The third-order valence-electron chi connectivity index (χ3n) is 3.74. The standard InChI is InChI=1S/C16H26N2O3S/c1-6-22(20,21)17-11-13-7-9-14(10-8-13)15(19)18-12(2)16(3,4)5/h7-10,12,17H,6,11H2,1-5H3,(H,18,19)/t12-/m0/s1. The average Bonchev–Trinajstić information content (AvgIpc) is 2.44. The Kier molecular flexibility index (Phi) is 6.14. The molecule has 2 N–H and O–H groups in total. The van der Waals surface area contributed by atoms with Gasteiger partial charge in [-0.15, -0.1) is 0 Å². The Morgan fingerprint density at radius 1 is 1.18 bits per heavy atom. The minimum Gasteiger partial charge on any atom is -0.349 e. The van der Waals surface area contributed by atoms with Crippen molar-refractivity contribution in [1.82, 2.24) is 10.0 Å². The number of nitrogens with one attached hydrogen (secondary N) is 2. The van der Waals surface area contributed by atoms with E-state index >= 15 is 0 Å². The molecule has 1 amide bonds. The zero-order valence-electron chi connectivity index (χ0n) is 13.9. The zero-order valence-corrected chi connectivity index (χ0v) is 14.8. The van der Waals surface area contributed by atoms with Gasteiger partial charge in [0.15, 0.2) is 0 Å². The maximum Gasteiger partial charge on any atom is 0.251 e. The Morgan fingerprint density at radius 2 is 1.73 bits per heavy atom. The summed E-state index contributed by atoms with van der Waals surface area (Å²) in [5.74, 6) is -0.0684. The minimum atomic E-state index is -3.21. The van der Waals surface area contributed by atoms with Crippen LogP contribution in [0.15, 0.2) is 24.3 Å². The average molecular weight is 326 g/mol. The highest BCUT2D eigenvalue weighted by atomic mass is 32.2. The van der Waals surface area contributed by atoms with Crippen LogP contribution in [0.25, 0.3) is 0 Å². The van der Waals surface area contributed by atoms with E-state index in [0.717, 1.165) is 5.56 Å². The number of benzene rings is 1. The molecule has 0 aliphatic heterocycles. The fourth-order valence-corrected chi connectivity index (χ4v) is 2.16. The first kappa shape index (κ1) is 18.6. The molecule has 124 valence electrons. The number of amides is 1. The summed E-state index contributed by atoms with van der Waals surface area (Å²) < 4.78 is 25.3. The summed E-state index contributed by atoms with van der Waals surface area (Å²) >= 11 is 0. The molecule has 1 aromatic rings. The molecule has 0 heterocycles. The lowest BCUT2D eigenvalue weighted by atomic mass is 9.88. The van der Waals surface area contributed by atoms with Crippen LogP contribution >= 0.6 is 0 Å². The lowest BCUT2D eigenvalue weighted by molar-refractivity contribution is 0.0910. The van der Waals surface area contributed by atoms with Gasteiger partial charge in [-0.05, 0) is 37.0 Å². The second-order valence-corrected chi connectivity index (χ2v) is 8.58. The Morgan fingerprint density at radius 3 is 2.18 bits per heavy atom. The van der Waals surface area contributed by atoms with Crippen LogP contribution in [0.3, 0.4) is 0 Å². The molecule has 22 heavy (non-hydrogen) atoms. The molecule has 0 bridgehead atoms. The van der Waals surface area contributed by atoms with Crippen LogP contribution in [-0.2, 0) is 16.6 Å². The molecule has 1 atom stereocenters. The third-order valence-corrected chi connectivity index (χ3v) is 5.08. The maximum absolute atomic E-state index is 12.2. The van der Waals surface area contributed by atoms with Gasteiger partial charge in [-0.25, -0.2) is 13.1 Å². The van der Waals surface area contributed by atoms with Gasteiger partial charge in [0, 0.05) is 18.2 Å². The van der Waals surface area contributed by atoms with Crippen molar-refractivity contribution in [2.24, 2.45) is 5.41 Å². The van der Waals surface area contributed by atoms with Gasteiger partial charge in [0.25, 0.3) is 5.91 Å². The van der Waals surface area contributed by atoms with E-state index in [-0.39, 0.29) is 29.7 Å². The second-order valence-electron chi connectivity index (χ2n) is 6.48. The van der Waals surface area contributed by atoms with Crippen molar-refractivity contribution in [3.8, 4) is 0 Å². The summed E-state index contributed by atoms with van der Waals surface area (Å²) in [4.78, 5) is 12.2. The smallest absolute Gasteiger partial charge is 0.251 e. The normalized spacial score (nSPS) is 13.7. The van der Waals surface area contributed by atoms with E-state index in [2.05, 4.69) is 30.8 Å². The van der Waals surface area contributed by atoms with Gasteiger partial charge in [0.05, 0.1) is 5.75 Å². The van der Waals surface area contributed by atoms with Crippen molar-refractivity contribution < 1.29 is 13.2 Å². The summed E-state index contributed by atoms with van der Waals surface area (Å²) in [5, 5.41) is 2.97. The van der Waals surface area contributed by atoms with E-state index in [4.69, 9.17) is 0 Å². The lowest BCUT2D eigenvalue weighted by Crippen LogP contribution is -2.41. The summed E-state index contributed by atoms with van der Waals surface area (Å²) in [7, 11) is -3.21. The maximum atomic E-state index is 12.2. The SMILES string of the molecule is CCS(=O)(=O)NCc1ccc(C(=O)N[C@@H](C)C(C)(C)C)cc1. The van der Waals surface area contributed by atoms with Crippen molar-refractivity contribution in [3.05, 3.63) is 35.4 Å². The number of hydrogen-bond donors (Lipinski definition) is 2. The van der Waals surface area contributed by atoms with Crippen molar-refractivity contribution >= 4 is 15.9 Å². The van der Waals surface area contributed by atoms with Crippen LogP contribution in [0.2, 0.25) is 0 Å². The molecular weight excluding hydrogens is 300 g/mol. The van der Waals surface area contributed by atoms with E-state index in [1.165, 1.54) is 0 Å². The van der Waals surface area contributed by atoms with Crippen LogP contribution in [0.4, 0.5) is 0 Å². The molecule has 1 rings (SSSR count). The van der Waals surface area contributed by atoms with Crippen LogP contribution < -0.4 is 10.0 Å². The van der Waals surface area contributed by atoms with Crippen LogP contribution in [0, 0.1) is 5.41 Å². The molecule has 0 radical (unpaired) electrons. The number of hydrogen-bond acceptors (Lipinski definition) is 3. The number of carbonyl (C=O) groups excluding carboxylic acids is 1. The molecule has 0 unspecified atom stereocenters. The van der Waals surface area contributed by atoms with Gasteiger partial charge in [0.2, 0.25) is 10.0 Å². The van der Waals surface area contributed by atoms with Gasteiger partial charge < -0.3 is 5.32 Å². The Labute approximate surface area is 133 Å². The fraction of sp³-hybridized carbons (Fsp3) is 0.562. The molecule has 0 spiro atoms. The minimum absolute atomic E-state index is 0.00592. The molecule has 0 aromatic heterocycles. The van der Waals surface area contributed by atoms with E-state index in [1.54, 1.807) is 31.2 Å². The number of rotatable bonds is 6. The monoisotopic (exact) mass is 326 g/mol. The first-order valence-corrected chi connectivity index (χ1v) is 9.07. The van der Waals surface area contributed by atoms with E-state index < -0.39 is 10.0 Å². The highest BCUT2D eigenvalue weighted by Crippen LogP contribution is 2.19. The molecule has 5 nitrogen and oxygen atoms in total. The zero-order chi connectivity index (χ0) is 17.0. The first-order chi connectivity index (χ1) is 10.0. The quantitative estimate of drug-likeness (QED) is 0.842. The van der Waals surface area contributed by atoms with Crippen LogP contribution in [0.1, 0.15) is 50.5 Å². The van der Waals surface area contributed by atoms with Crippen molar-refractivity contribution in [2.75, 3.05) is 5.75 Å². The summed E-state index contributed by atoms with van der Waals surface area (Å²) in [5.41, 5.74) is 1.38. The van der Waals surface area contributed by atoms with E-state index in [1.807, 2.05) is 6.92 Å². The molecular formula is C16H26N2O3S. The third kappa shape index (κ3) is 5.77. The Balaban J connectivity index is 2.67. The van der Waals surface area contributed by atoms with Crippen molar-refractivity contribution in [3.63, 3.8) is 0 Å². The fourth-order valence-electron chi connectivity index (χ4n) is 1.57. The van der Waals surface area contributed by atoms with Gasteiger partial charge >= 0.3 is 0 Å². The Bertz CT molecular complexity index is 601. The molecule has 0 fully saturated rings. The van der Waals surface area contributed by atoms with Gasteiger partial charge in [-0.2, -0.15) is 0 Å². The predicted octanol–water partition coefficient (Wildman–Crippen LogP) is 2.29. The lowest BCUT2D eigenvalue weighted by Gasteiger charge is -2.28. The largest absolute Gasteiger partial charge is 0.349 e. The number of carbonyl (C=O) groups is 1. The molecule has 1 aromatic carbocycles. The molecule has 0 saturated carbocycles. The molecule has 0 aliphatic carbocycles. The van der Waals surface area contributed by atoms with Crippen LogP contribution in [-0.4, -0.2) is 26.1 Å². The second kappa shape index (κ2) is 7.24. The van der Waals surface area contributed by atoms with Gasteiger partial charge in [0.1, 0.15) is 0 Å². The summed E-state index contributed by atoms with van der Waals surface area (Å²) in [6.07, 6.45) is 0. The number of sulfonamides is 1. The van der Waals surface area contributed by atoms with E-state index in [0.29, 0.717) is 5.56 Å². The summed E-state index contributed by atoms with van der Waals surface area (Å²) in [6.45, 7) is 10.0. The van der Waals surface area contributed by atoms with Gasteiger partial charge in [-0.3, -0.25) is 4.79 Å². The molecule has 0 saturated heterocycles. The summed E-state index contributed by atoms with van der Waals surface area (Å²) in [6, 6.07) is 6.99. The predicted molar refractivity (Wildman–Crippen MR) is 89.1 cm³/mol. The van der Waals surface area contributed by atoms with Gasteiger partial charge in [-0.1, -0.05) is 32.9 Å².